The number of nitrogens with zero attached hydrogens (tertiary/aromatic N) is 5. The first-order valence-electron chi connectivity index (χ1n) is 9.13. The molecule has 0 bridgehead atoms. The Morgan fingerprint density at radius 2 is 1.62 bits per heavy atom. The van der Waals surface area contributed by atoms with Crippen LogP contribution in [-0.2, 0) is 20.6 Å². The summed E-state index contributed by atoms with van der Waals surface area (Å²) in [6.45, 7) is 11.3. The van der Waals surface area contributed by atoms with Crippen LogP contribution < -0.4 is 11.2 Å². The van der Waals surface area contributed by atoms with E-state index in [2.05, 4.69) is 37.6 Å². The smallest absolute Gasteiger partial charge is 0.332 e. The minimum Gasteiger partial charge on any atom is -0.390 e. The number of hydrogen-bond donors (Lipinski definition) is 1. The number of fused-ring (bicyclic) bond motifs is 1. The van der Waals surface area contributed by atoms with E-state index in [4.69, 9.17) is 0 Å². The first kappa shape index (κ1) is 20.4. The van der Waals surface area contributed by atoms with Crippen LogP contribution in [0.3, 0.4) is 0 Å². The van der Waals surface area contributed by atoms with Gasteiger partial charge < -0.3 is 14.6 Å². The van der Waals surface area contributed by atoms with Crippen LogP contribution in [0.15, 0.2) is 15.9 Å². The standard InChI is InChI=1S/C18H31N5O3/c1-12(2)7-22(8-13(3)4)9-14(24)10-23-11-19-16-15(23)17(25)21(6)18(26)20(16)5/h11-14,24H,7-10H2,1-6H3/t14-/m1/s1. The van der Waals surface area contributed by atoms with Gasteiger partial charge in [0, 0.05) is 33.7 Å². The van der Waals surface area contributed by atoms with E-state index in [-0.39, 0.29) is 6.54 Å². The zero-order valence-electron chi connectivity index (χ0n) is 16.6. The van der Waals surface area contributed by atoms with Gasteiger partial charge in [-0.2, -0.15) is 0 Å². The fourth-order valence-corrected chi connectivity index (χ4v) is 3.37. The lowest BCUT2D eigenvalue weighted by molar-refractivity contribution is 0.0868. The molecule has 0 saturated carbocycles. The number of hydrogen-bond acceptors (Lipinski definition) is 5. The predicted molar refractivity (Wildman–Crippen MR) is 102 cm³/mol. The zero-order chi connectivity index (χ0) is 19.6. The number of rotatable bonds is 8. The summed E-state index contributed by atoms with van der Waals surface area (Å²) in [7, 11) is 3.04. The largest absolute Gasteiger partial charge is 0.390 e. The van der Waals surface area contributed by atoms with Crippen molar-refractivity contribution in [2.75, 3.05) is 19.6 Å². The van der Waals surface area contributed by atoms with Crippen LogP contribution >= 0.6 is 0 Å². The summed E-state index contributed by atoms with van der Waals surface area (Å²) in [6, 6.07) is 0. The van der Waals surface area contributed by atoms with E-state index in [1.165, 1.54) is 17.9 Å². The van der Waals surface area contributed by atoms with Crippen molar-refractivity contribution in [1.82, 2.24) is 23.6 Å². The minimum atomic E-state index is -0.633. The van der Waals surface area contributed by atoms with Gasteiger partial charge in [-0.05, 0) is 11.8 Å². The number of imidazole rings is 1. The van der Waals surface area contributed by atoms with Crippen LogP contribution in [0.2, 0.25) is 0 Å². The van der Waals surface area contributed by atoms with E-state index >= 15 is 0 Å². The molecule has 0 saturated heterocycles. The third kappa shape index (κ3) is 4.42. The summed E-state index contributed by atoms with van der Waals surface area (Å²) in [6.07, 6.45) is 0.885. The highest BCUT2D eigenvalue weighted by Crippen LogP contribution is 2.09. The van der Waals surface area contributed by atoms with Crippen molar-refractivity contribution in [1.29, 1.82) is 0 Å². The van der Waals surface area contributed by atoms with Crippen LogP contribution in [0.4, 0.5) is 0 Å². The van der Waals surface area contributed by atoms with Gasteiger partial charge in [-0.3, -0.25) is 13.9 Å². The molecule has 146 valence electrons. The SMILES string of the molecule is CC(C)CN(CC(C)C)C[C@@H](O)Cn1cnc2c1c(=O)n(C)c(=O)n2C. The molecule has 2 aromatic heterocycles. The van der Waals surface area contributed by atoms with Gasteiger partial charge in [0.05, 0.1) is 19.0 Å². The Labute approximate surface area is 153 Å². The summed E-state index contributed by atoms with van der Waals surface area (Å²) < 4.78 is 4.06. The first-order chi connectivity index (χ1) is 12.1. The number of aryl methyl sites for hydroxylation is 1. The third-order valence-corrected chi connectivity index (χ3v) is 4.34. The van der Waals surface area contributed by atoms with Gasteiger partial charge in [-0.15, -0.1) is 0 Å². The molecule has 0 aliphatic rings. The summed E-state index contributed by atoms with van der Waals surface area (Å²) in [5.41, 5.74) is -0.123. The van der Waals surface area contributed by atoms with Crippen LogP contribution in [0.5, 0.6) is 0 Å². The molecule has 0 aliphatic heterocycles. The highest BCUT2D eigenvalue weighted by Gasteiger charge is 2.19. The molecule has 0 radical (unpaired) electrons. The Bertz CT molecular complexity index is 852. The molecule has 2 aromatic rings. The normalized spacial score (nSPS) is 13.5. The maximum Gasteiger partial charge on any atom is 0.332 e. The van der Waals surface area contributed by atoms with Gasteiger partial charge in [-0.1, -0.05) is 27.7 Å². The molecule has 8 nitrogen and oxygen atoms in total. The maximum atomic E-state index is 12.5. The van der Waals surface area contributed by atoms with Gasteiger partial charge in [0.1, 0.15) is 0 Å². The van der Waals surface area contributed by atoms with E-state index in [0.29, 0.717) is 29.5 Å². The number of aliphatic hydroxyl groups excluding tert-OH is 1. The average Bonchev–Trinajstić information content (AvgIpc) is 2.93. The van der Waals surface area contributed by atoms with E-state index in [0.717, 1.165) is 17.7 Å². The molecule has 2 rings (SSSR count). The van der Waals surface area contributed by atoms with E-state index in [9.17, 15) is 14.7 Å². The van der Waals surface area contributed by atoms with E-state index < -0.39 is 17.4 Å². The van der Waals surface area contributed by atoms with Crippen LogP contribution in [0, 0.1) is 11.8 Å². The summed E-state index contributed by atoms with van der Waals surface area (Å²) >= 11 is 0. The van der Waals surface area contributed by atoms with Gasteiger partial charge in [-0.25, -0.2) is 9.78 Å². The second kappa shape index (κ2) is 8.18. The lowest BCUT2D eigenvalue weighted by Gasteiger charge is -2.28. The van der Waals surface area contributed by atoms with Gasteiger partial charge in [0.15, 0.2) is 11.2 Å². The van der Waals surface area contributed by atoms with E-state index in [1.54, 1.807) is 11.6 Å². The predicted octanol–water partition coefficient (Wildman–Crippen LogP) is 0.409. The monoisotopic (exact) mass is 365 g/mol. The van der Waals surface area contributed by atoms with Crippen LogP contribution in [0.1, 0.15) is 27.7 Å². The van der Waals surface area contributed by atoms with Gasteiger partial charge >= 0.3 is 5.69 Å². The molecule has 0 spiro atoms. The Hall–Kier alpha value is -1.93. The average molecular weight is 365 g/mol. The van der Waals surface area contributed by atoms with Crippen molar-refractivity contribution in [2.45, 2.75) is 40.3 Å². The maximum absolute atomic E-state index is 12.5. The quantitative estimate of drug-likeness (QED) is 0.732. The molecule has 1 N–H and O–H groups in total. The van der Waals surface area contributed by atoms with Crippen molar-refractivity contribution in [2.24, 2.45) is 25.9 Å². The van der Waals surface area contributed by atoms with E-state index in [1.807, 2.05) is 0 Å². The third-order valence-electron chi connectivity index (χ3n) is 4.34. The second-order valence-electron chi connectivity index (χ2n) is 7.93. The highest BCUT2D eigenvalue weighted by atomic mass is 16.3. The van der Waals surface area contributed by atoms with Crippen molar-refractivity contribution >= 4 is 11.2 Å². The summed E-state index contributed by atoms with van der Waals surface area (Å²) in [5, 5.41) is 10.6. The number of aliphatic hydroxyl groups is 1. The van der Waals surface area contributed by atoms with Crippen molar-refractivity contribution < 1.29 is 5.11 Å². The molecular weight excluding hydrogens is 334 g/mol. The Balaban J connectivity index is 2.25. The fourth-order valence-electron chi connectivity index (χ4n) is 3.37. The Kier molecular flexibility index (Phi) is 6.41. The minimum absolute atomic E-state index is 0.261. The topological polar surface area (TPSA) is 85.3 Å². The fraction of sp³-hybridized carbons (Fsp3) is 0.722. The lowest BCUT2D eigenvalue weighted by atomic mass is 10.1. The molecule has 8 heteroatoms. The van der Waals surface area contributed by atoms with Crippen LogP contribution in [-0.4, -0.2) is 54.4 Å². The summed E-state index contributed by atoms with van der Waals surface area (Å²) in [4.78, 5) is 30.9. The molecule has 0 unspecified atom stereocenters. The molecule has 26 heavy (non-hydrogen) atoms. The number of aromatic nitrogens is 4. The highest BCUT2D eigenvalue weighted by molar-refractivity contribution is 5.69. The molecule has 0 aromatic carbocycles. The summed E-state index contributed by atoms with van der Waals surface area (Å²) in [5.74, 6) is 1.02. The Morgan fingerprint density at radius 1 is 1.04 bits per heavy atom. The zero-order valence-corrected chi connectivity index (χ0v) is 16.6. The van der Waals surface area contributed by atoms with Crippen molar-refractivity contribution in [3.8, 4) is 0 Å². The van der Waals surface area contributed by atoms with Crippen molar-refractivity contribution in [3.05, 3.63) is 27.2 Å². The molecule has 0 fully saturated rings. The van der Waals surface area contributed by atoms with Gasteiger partial charge in [0.2, 0.25) is 0 Å². The molecule has 0 aliphatic carbocycles. The van der Waals surface area contributed by atoms with Crippen LogP contribution in [0.25, 0.3) is 11.2 Å². The van der Waals surface area contributed by atoms with Gasteiger partial charge in [0.25, 0.3) is 5.56 Å². The second-order valence-corrected chi connectivity index (χ2v) is 7.93. The Morgan fingerprint density at radius 3 is 2.15 bits per heavy atom. The molecule has 0 amide bonds. The first-order valence-corrected chi connectivity index (χ1v) is 9.13. The molecule has 2 heterocycles. The molecule has 1 atom stereocenters. The lowest BCUT2D eigenvalue weighted by Crippen LogP contribution is -2.40. The van der Waals surface area contributed by atoms with Crippen molar-refractivity contribution in [3.63, 3.8) is 0 Å². The molecular formula is C18H31N5O3.